The van der Waals surface area contributed by atoms with E-state index in [-0.39, 0.29) is 0 Å². The predicted octanol–water partition coefficient (Wildman–Crippen LogP) is 3.13. The first-order chi connectivity index (χ1) is 8.06. The van der Waals surface area contributed by atoms with Gasteiger partial charge >= 0.3 is 0 Å². The molecular formula is C15H32N2. The minimum Gasteiger partial charge on any atom is -0.316 e. The van der Waals surface area contributed by atoms with Crippen molar-refractivity contribution in [3.05, 3.63) is 0 Å². The van der Waals surface area contributed by atoms with E-state index in [1.807, 2.05) is 0 Å². The van der Waals surface area contributed by atoms with Gasteiger partial charge in [-0.15, -0.1) is 0 Å². The lowest BCUT2D eigenvalue weighted by molar-refractivity contribution is 0.129. The lowest BCUT2D eigenvalue weighted by Crippen LogP contribution is -2.44. The van der Waals surface area contributed by atoms with Crippen molar-refractivity contribution >= 4 is 0 Å². The normalized spacial score (nSPS) is 26.6. The highest BCUT2D eigenvalue weighted by molar-refractivity contribution is 4.88. The van der Waals surface area contributed by atoms with Crippen LogP contribution < -0.4 is 5.32 Å². The highest BCUT2D eigenvalue weighted by atomic mass is 15.2. The van der Waals surface area contributed by atoms with Gasteiger partial charge in [-0.2, -0.15) is 0 Å². The largest absolute Gasteiger partial charge is 0.316 e. The third-order valence-electron chi connectivity index (χ3n) is 4.70. The molecule has 2 nitrogen and oxygen atoms in total. The van der Waals surface area contributed by atoms with Gasteiger partial charge in [-0.25, -0.2) is 0 Å². The van der Waals surface area contributed by atoms with Gasteiger partial charge in [0.25, 0.3) is 0 Å². The van der Waals surface area contributed by atoms with Crippen molar-refractivity contribution in [1.29, 1.82) is 0 Å². The second kappa shape index (κ2) is 6.75. The third-order valence-corrected chi connectivity index (χ3v) is 4.70. The molecule has 2 unspecified atom stereocenters. The predicted molar refractivity (Wildman–Crippen MR) is 76.4 cm³/mol. The molecule has 0 aromatic rings. The Morgan fingerprint density at radius 2 is 1.82 bits per heavy atom. The first-order valence-corrected chi connectivity index (χ1v) is 7.51. The van der Waals surface area contributed by atoms with E-state index in [0.717, 1.165) is 18.5 Å². The molecule has 17 heavy (non-hydrogen) atoms. The minimum atomic E-state index is 0.480. The van der Waals surface area contributed by atoms with Crippen LogP contribution in [0.15, 0.2) is 0 Å². The fourth-order valence-electron chi connectivity index (χ4n) is 3.21. The maximum atomic E-state index is 3.56. The fraction of sp³-hybridized carbons (Fsp3) is 1.00. The second-order valence-electron chi connectivity index (χ2n) is 6.11. The molecule has 0 spiro atoms. The summed E-state index contributed by atoms with van der Waals surface area (Å²) in [6, 6.07) is 0.782. The summed E-state index contributed by atoms with van der Waals surface area (Å²) in [5.41, 5.74) is 0.480. The maximum Gasteiger partial charge on any atom is 0.00702 e. The van der Waals surface area contributed by atoms with Crippen molar-refractivity contribution in [2.24, 2.45) is 11.3 Å². The number of nitrogens with one attached hydrogen (secondary N) is 1. The molecule has 2 atom stereocenters. The van der Waals surface area contributed by atoms with Crippen LogP contribution >= 0.6 is 0 Å². The van der Waals surface area contributed by atoms with Gasteiger partial charge in [-0.05, 0) is 44.1 Å². The van der Waals surface area contributed by atoms with Crippen molar-refractivity contribution < 1.29 is 0 Å². The first kappa shape index (κ1) is 15.0. The van der Waals surface area contributed by atoms with E-state index in [0.29, 0.717) is 5.41 Å². The Kier molecular flexibility index (Phi) is 5.94. The summed E-state index contributed by atoms with van der Waals surface area (Å²) in [6.07, 6.45) is 3.95. The molecule has 0 aromatic heterocycles. The molecule has 1 N–H and O–H groups in total. The number of likely N-dealkylation sites (tertiary alicyclic amines) is 1. The van der Waals surface area contributed by atoms with Crippen LogP contribution in [-0.2, 0) is 0 Å². The Bertz CT molecular complexity index is 211. The van der Waals surface area contributed by atoms with Gasteiger partial charge in [0.15, 0.2) is 0 Å². The molecular weight excluding hydrogens is 208 g/mol. The van der Waals surface area contributed by atoms with Crippen LogP contribution in [0, 0.1) is 11.3 Å². The van der Waals surface area contributed by atoms with Gasteiger partial charge in [-0.3, -0.25) is 4.90 Å². The molecule has 0 saturated carbocycles. The van der Waals surface area contributed by atoms with Crippen LogP contribution in [-0.4, -0.2) is 37.1 Å². The molecule has 1 aliphatic rings. The molecule has 1 saturated heterocycles. The summed E-state index contributed by atoms with van der Waals surface area (Å²) in [6.45, 7) is 16.5. The molecule has 0 amide bonds. The van der Waals surface area contributed by atoms with Crippen molar-refractivity contribution in [2.75, 3.05) is 26.2 Å². The molecule has 0 aromatic carbocycles. The lowest BCUT2D eigenvalue weighted by Gasteiger charge is -2.37. The van der Waals surface area contributed by atoms with Gasteiger partial charge in [0.2, 0.25) is 0 Å². The molecule has 2 heteroatoms. The molecule has 1 rings (SSSR count). The fourth-order valence-corrected chi connectivity index (χ4v) is 3.21. The van der Waals surface area contributed by atoms with E-state index < -0.39 is 0 Å². The van der Waals surface area contributed by atoms with Gasteiger partial charge in [0, 0.05) is 25.7 Å². The average molecular weight is 240 g/mol. The summed E-state index contributed by atoms with van der Waals surface area (Å²) in [7, 11) is 0. The van der Waals surface area contributed by atoms with E-state index in [4.69, 9.17) is 0 Å². The highest BCUT2D eigenvalue weighted by Gasteiger charge is 2.34. The first-order valence-electron chi connectivity index (χ1n) is 7.51. The molecule has 0 aliphatic carbocycles. The van der Waals surface area contributed by atoms with E-state index in [1.54, 1.807) is 0 Å². The van der Waals surface area contributed by atoms with E-state index in [9.17, 15) is 0 Å². The molecule has 0 radical (unpaired) electrons. The summed E-state index contributed by atoms with van der Waals surface area (Å²) in [5.74, 6) is 0.885. The Morgan fingerprint density at radius 3 is 2.24 bits per heavy atom. The van der Waals surface area contributed by atoms with Crippen LogP contribution in [0.5, 0.6) is 0 Å². The van der Waals surface area contributed by atoms with Crippen molar-refractivity contribution in [3.63, 3.8) is 0 Å². The SMILES string of the molecule is CCNCC(CC)(CC)CN1CC(C)CC1C. The average Bonchev–Trinajstić information content (AvgIpc) is 2.63. The van der Waals surface area contributed by atoms with Crippen molar-refractivity contribution in [2.45, 2.75) is 59.9 Å². The number of hydrogen-bond donors (Lipinski definition) is 1. The Balaban J connectivity index is 2.59. The Morgan fingerprint density at radius 1 is 1.18 bits per heavy atom. The van der Waals surface area contributed by atoms with Gasteiger partial charge in [-0.1, -0.05) is 27.7 Å². The summed E-state index contributed by atoms with van der Waals surface area (Å²) < 4.78 is 0. The zero-order valence-electron chi connectivity index (χ0n) is 12.6. The smallest absolute Gasteiger partial charge is 0.00702 e. The topological polar surface area (TPSA) is 15.3 Å². The molecule has 1 fully saturated rings. The Labute approximate surface area is 108 Å². The van der Waals surface area contributed by atoms with Crippen LogP contribution in [0.2, 0.25) is 0 Å². The highest BCUT2D eigenvalue weighted by Crippen LogP contribution is 2.31. The van der Waals surface area contributed by atoms with E-state index >= 15 is 0 Å². The number of rotatable bonds is 7. The standard InChI is InChI=1S/C15H32N2/c1-6-15(7-2,11-16-8-3)12-17-10-13(4)9-14(17)5/h13-14,16H,6-12H2,1-5H3. The Hall–Kier alpha value is -0.0800. The zero-order chi connectivity index (χ0) is 12.9. The summed E-state index contributed by atoms with van der Waals surface area (Å²) >= 11 is 0. The van der Waals surface area contributed by atoms with E-state index in [1.165, 1.54) is 38.9 Å². The number of nitrogens with zero attached hydrogens (tertiary/aromatic N) is 1. The van der Waals surface area contributed by atoms with Crippen molar-refractivity contribution in [3.8, 4) is 0 Å². The number of hydrogen-bond acceptors (Lipinski definition) is 2. The molecule has 1 aliphatic heterocycles. The monoisotopic (exact) mass is 240 g/mol. The van der Waals surface area contributed by atoms with E-state index in [2.05, 4.69) is 44.8 Å². The lowest BCUT2D eigenvalue weighted by atomic mass is 9.81. The van der Waals surface area contributed by atoms with Crippen LogP contribution in [0.25, 0.3) is 0 Å². The third kappa shape index (κ3) is 3.96. The maximum absolute atomic E-state index is 3.56. The van der Waals surface area contributed by atoms with Crippen LogP contribution in [0.3, 0.4) is 0 Å². The minimum absolute atomic E-state index is 0.480. The zero-order valence-corrected chi connectivity index (χ0v) is 12.6. The quantitative estimate of drug-likeness (QED) is 0.735. The van der Waals surface area contributed by atoms with Gasteiger partial charge < -0.3 is 5.32 Å². The van der Waals surface area contributed by atoms with Crippen molar-refractivity contribution in [1.82, 2.24) is 10.2 Å². The van der Waals surface area contributed by atoms with Crippen LogP contribution in [0.1, 0.15) is 53.9 Å². The second-order valence-corrected chi connectivity index (χ2v) is 6.11. The van der Waals surface area contributed by atoms with Crippen LogP contribution in [0.4, 0.5) is 0 Å². The summed E-state index contributed by atoms with van der Waals surface area (Å²) in [5, 5.41) is 3.56. The molecule has 102 valence electrons. The molecule has 1 heterocycles. The molecule has 0 bridgehead atoms. The van der Waals surface area contributed by atoms with Gasteiger partial charge in [0.1, 0.15) is 0 Å². The summed E-state index contributed by atoms with van der Waals surface area (Å²) in [4.78, 5) is 2.72. The van der Waals surface area contributed by atoms with Gasteiger partial charge in [0.05, 0.1) is 0 Å².